The van der Waals surface area contributed by atoms with E-state index >= 15 is 0 Å². The summed E-state index contributed by atoms with van der Waals surface area (Å²) >= 11 is 0. The van der Waals surface area contributed by atoms with Crippen LogP contribution in [-0.2, 0) is 13.6 Å². The summed E-state index contributed by atoms with van der Waals surface area (Å²) in [6.07, 6.45) is 2.80. The average molecular weight is 363 g/mol. The lowest BCUT2D eigenvalue weighted by atomic mass is 10.2. The molecule has 0 aliphatic rings. The number of hydrogen-bond acceptors (Lipinski definition) is 6. The Labute approximate surface area is 153 Å². The highest BCUT2D eigenvalue weighted by Gasteiger charge is 2.11. The Balaban J connectivity index is 0.00000225. The van der Waals surface area contributed by atoms with E-state index < -0.39 is 0 Å². The molecule has 0 bridgehead atoms. The zero-order valence-corrected chi connectivity index (χ0v) is 15.4. The van der Waals surface area contributed by atoms with E-state index in [0.717, 1.165) is 41.1 Å². The minimum atomic E-state index is 0. The maximum Gasteiger partial charge on any atom is 0.226 e. The summed E-state index contributed by atoms with van der Waals surface area (Å²) in [5.74, 6) is 2.24. The normalized spacial score (nSPS) is 10.4. The number of anilines is 2. The van der Waals surface area contributed by atoms with Gasteiger partial charge in [-0.05, 0) is 24.1 Å². The number of fused-ring (bicyclic) bond motifs is 1. The average Bonchev–Trinajstić information content (AvgIpc) is 2.99. The minimum absolute atomic E-state index is 0. The van der Waals surface area contributed by atoms with Crippen LogP contribution in [0.1, 0.15) is 18.9 Å². The zero-order valence-electron chi connectivity index (χ0n) is 14.6. The predicted octanol–water partition coefficient (Wildman–Crippen LogP) is 3.23. The van der Waals surface area contributed by atoms with E-state index in [4.69, 9.17) is 4.74 Å². The third kappa shape index (κ3) is 4.30. The van der Waals surface area contributed by atoms with Crippen LogP contribution < -0.4 is 15.4 Å². The lowest BCUT2D eigenvalue weighted by Gasteiger charge is -2.10. The van der Waals surface area contributed by atoms with Gasteiger partial charge < -0.3 is 15.4 Å². The molecular weight excluding hydrogens is 340 g/mol. The topological polar surface area (TPSA) is 76.9 Å². The van der Waals surface area contributed by atoms with Crippen LogP contribution in [0.4, 0.5) is 11.8 Å². The van der Waals surface area contributed by atoms with E-state index in [1.807, 2.05) is 31.3 Å². The molecule has 0 amide bonds. The first-order valence-corrected chi connectivity index (χ1v) is 8.01. The fourth-order valence-electron chi connectivity index (χ4n) is 2.40. The van der Waals surface area contributed by atoms with Crippen LogP contribution in [-0.4, -0.2) is 33.4 Å². The smallest absolute Gasteiger partial charge is 0.226 e. The maximum absolute atomic E-state index is 5.19. The van der Waals surface area contributed by atoms with Crippen LogP contribution in [0.3, 0.4) is 0 Å². The minimum Gasteiger partial charge on any atom is -0.497 e. The number of nitrogens with one attached hydrogen (secondary N) is 2. The van der Waals surface area contributed by atoms with Gasteiger partial charge in [0, 0.05) is 20.1 Å². The molecule has 3 aromatic rings. The van der Waals surface area contributed by atoms with E-state index in [2.05, 4.69) is 32.6 Å². The van der Waals surface area contributed by atoms with E-state index in [-0.39, 0.29) is 12.4 Å². The second-order valence-electron chi connectivity index (χ2n) is 5.53. The number of aryl methyl sites for hydroxylation is 1. The summed E-state index contributed by atoms with van der Waals surface area (Å²) in [6.45, 7) is 3.61. The number of halogens is 1. The number of methoxy groups -OCH3 is 1. The second-order valence-corrected chi connectivity index (χ2v) is 5.53. The molecule has 134 valence electrons. The predicted molar refractivity (Wildman–Crippen MR) is 103 cm³/mol. The molecule has 7 nitrogen and oxygen atoms in total. The molecule has 2 N–H and O–H groups in total. The van der Waals surface area contributed by atoms with Crippen molar-refractivity contribution in [3.8, 4) is 5.75 Å². The third-order valence-corrected chi connectivity index (χ3v) is 3.74. The highest BCUT2D eigenvalue weighted by molar-refractivity contribution is 5.87. The van der Waals surface area contributed by atoms with Crippen LogP contribution in [0.5, 0.6) is 5.75 Å². The van der Waals surface area contributed by atoms with Gasteiger partial charge in [-0.25, -0.2) is 0 Å². The molecule has 8 heteroatoms. The molecule has 0 unspecified atom stereocenters. The van der Waals surface area contributed by atoms with Crippen molar-refractivity contribution >= 4 is 35.2 Å². The lowest BCUT2D eigenvalue weighted by Crippen LogP contribution is -2.09. The molecule has 1 aromatic carbocycles. The molecule has 3 rings (SSSR count). The molecule has 0 atom stereocenters. The van der Waals surface area contributed by atoms with Gasteiger partial charge in [0.05, 0.1) is 18.7 Å². The van der Waals surface area contributed by atoms with Crippen LogP contribution in [0.15, 0.2) is 30.5 Å². The van der Waals surface area contributed by atoms with Crippen molar-refractivity contribution in [1.29, 1.82) is 0 Å². The van der Waals surface area contributed by atoms with Crippen LogP contribution >= 0.6 is 12.4 Å². The highest BCUT2D eigenvalue weighted by Crippen LogP contribution is 2.22. The summed E-state index contributed by atoms with van der Waals surface area (Å²) in [5.41, 5.74) is 1.95. The third-order valence-electron chi connectivity index (χ3n) is 3.74. The van der Waals surface area contributed by atoms with Crippen molar-refractivity contribution in [1.82, 2.24) is 19.7 Å². The van der Waals surface area contributed by atoms with Crippen molar-refractivity contribution in [3.63, 3.8) is 0 Å². The van der Waals surface area contributed by atoms with Gasteiger partial charge in [0.15, 0.2) is 5.65 Å². The SMILES string of the molecule is CCCNc1nc(NCc2ccc(OC)cc2)c2cnn(C)c2n1.Cl. The Bertz CT molecular complexity index is 818. The quantitative estimate of drug-likeness (QED) is 0.672. The number of hydrogen-bond donors (Lipinski definition) is 2. The first-order valence-electron chi connectivity index (χ1n) is 8.01. The van der Waals surface area contributed by atoms with Crippen LogP contribution in [0.2, 0.25) is 0 Å². The van der Waals surface area contributed by atoms with Crippen LogP contribution in [0.25, 0.3) is 11.0 Å². The van der Waals surface area contributed by atoms with Gasteiger partial charge in [-0.2, -0.15) is 15.1 Å². The summed E-state index contributed by atoms with van der Waals surface area (Å²) in [6, 6.07) is 7.96. The standard InChI is InChI=1S/C17H22N6O.ClH/c1-4-9-18-17-21-15(14-11-20-23(2)16(14)22-17)19-10-12-5-7-13(24-3)8-6-12;/h5-8,11H,4,9-10H2,1-3H3,(H2,18,19,21,22);1H. The molecule has 0 radical (unpaired) electrons. The van der Waals surface area contributed by atoms with Crippen molar-refractivity contribution in [2.24, 2.45) is 7.05 Å². The van der Waals surface area contributed by atoms with Crippen molar-refractivity contribution in [2.45, 2.75) is 19.9 Å². The van der Waals surface area contributed by atoms with E-state index in [9.17, 15) is 0 Å². The van der Waals surface area contributed by atoms with Gasteiger partial charge in [0.25, 0.3) is 0 Å². The molecule has 0 aliphatic carbocycles. The summed E-state index contributed by atoms with van der Waals surface area (Å²) in [4.78, 5) is 9.12. The number of aromatic nitrogens is 4. The Morgan fingerprint density at radius 3 is 2.56 bits per heavy atom. The second kappa shape index (κ2) is 8.53. The monoisotopic (exact) mass is 362 g/mol. The zero-order chi connectivity index (χ0) is 16.9. The maximum atomic E-state index is 5.19. The molecule has 2 aromatic heterocycles. The number of rotatable bonds is 7. The van der Waals surface area contributed by atoms with Crippen molar-refractivity contribution < 1.29 is 4.74 Å². The van der Waals surface area contributed by atoms with E-state index in [1.165, 1.54) is 0 Å². The largest absolute Gasteiger partial charge is 0.497 e. The van der Waals surface area contributed by atoms with Gasteiger partial charge in [-0.15, -0.1) is 12.4 Å². The molecule has 0 saturated carbocycles. The fraction of sp³-hybridized carbons (Fsp3) is 0.353. The van der Waals surface area contributed by atoms with Crippen LogP contribution in [0, 0.1) is 0 Å². The fourth-order valence-corrected chi connectivity index (χ4v) is 2.40. The molecule has 25 heavy (non-hydrogen) atoms. The summed E-state index contributed by atoms with van der Waals surface area (Å²) in [5, 5.41) is 11.8. The Kier molecular flexibility index (Phi) is 6.41. The van der Waals surface area contributed by atoms with Gasteiger partial charge in [0.1, 0.15) is 11.6 Å². The summed E-state index contributed by atoms with van der Waals surface area (Å²) in [7, 11) is 3.55. The molecule has 0 aliphatic heterocycles. The lowest BCUT2D eigenvalue weighted by molar-refractivity contribution is 0.414. The molecule has 0 fully saturated rings. The Morgan fingerprint density at radius 2 is 1.88 bits per heavy atom. The summed E-state index contributed by atoms with van der Waals surface area (Å²) < 4.78 is 6.94. The van der Waals surface area contributed by atoms with Gasteiger partial charge in [-0.3, -0.25) is 4.68 Å². The van der Waals surface area contributed by atoms with E-state index in [1.54, 1.807) is 18.0 Å². The van der Waals surface area contributed by atoms with Crippen molar-refractivity contribution in [3.05, 3.63) is 36.0 Å². The van der Waals surface area contributed by atoms with Gasteiger partial charge in [0.2, 0.25) is 5.95 Å². The van der Waals surface area contributed by atoms with Crippen molar-refractivity contribution in [2.75, 3.05) is 24.3 Å². The number of benzene rings is 1. The Morgan fingerprint density at radius 1 is 1.12 bits per heavy atom. The number of nitrogens with zero attached hydrogens (tertiary/aromatic N) is 4. The number of ether oxygens (including phenoxy) is 1. The highest BCUT2D eigenvalue weighted by atomic mass is 35.5. The molecular formula is C17H23ClN6O. The first-order chi connectivity index (χ1) is 11.7. The van der Waals surface area contributed by atoms with E-state index in [0.29, 0.717) is 12.5 Å². The van der Waals surface area contributed by atoms with Gasteiger partial charge >= 0.3 is 0 Å². The molecule has 2 heterocycles. The Hall–Kier alpha value is -2.54. The first kappa shape index (κ1) is 18.8. The van der Waals surface area contributed by atoms with Gasteiger partial charge in [-0.1, -0.05) is 19.1 Å². The molecule has 0 spiro atoms. The molecule has 0 saturated heterocycles.